The van der Waals surface area contributed by atoms with Crippen molar-refractivity contribution in [3.63, 3.8) is 0 Å². The van der Waals surface area contributed by atoms with Gasteiger partial charge in [-0.05, 0) is 23.5 Å². The molecular weight excluding hydrogens is 238 g/mol. The zero-order valence-corrected chi connectivity index (χ0v) is 12.6. The minimum Gasteiger partial charge on any atom is -0.379 e. The number of hydrogen-bond acceptors (Lipinski definition) is 3. The van der Waals surface area contributed by atoms with Crippen LogP contribution in [0.1, 0.15) is 44.9 Å². The highest BCUT2D eigenvalue weighted by Gasteiger charge is 2.14. The van der Waals surface area contributed by atoms with Crippen LogP contribution in [0.5, 0.6) is 0 Å². The third kappa shape index (κ3) is 5.72. The zero-order valence-electron chi connectivity index (χ0n) is 12.6. The van der Waals surface area contributed by atoms with Crippen LogP contribution in [-0.2, 0) is 14.9 Å². The molecule has 0 saturated heterocycles. The summed E-state index contributed by atoms with van der Waals surface area (Å²) in [7, 11) is 0. The molecule has 1 rings (SSSR count). The Morgan fingerprint density at radius 3 is 2.16 bits per heavy atom. The lowest BCUT2D eigenvalue weighted by molar-refractivity contribution is 0.0473. The molecule has 0 fully saturated rings. The van der Waals surface area contributed by atoms with Crippen LogP contribution in [0.25, 0.3) is 0 Å². The third-order valence-electron chi connectivity index (χ3n) is 3.08. The monoisotopic (exact) mass is 265 g/mol. The molecule has 108 valence electrons. The molecule has 0 heterocycles. The molecule has 0 aliphatic heterocycles. The molecule has 2 N–H and O–H groups in total. The topological polar surface area (TPSA) is 44.5 Å². The summed E-state index contributed by atoms with van der Waals surface area (Å²) in [6.45, 7) is 11.1. The molecule has 0 spiro atoms. The van der Waals surface area contributed by atoms with E-state index in [1.165, 1.54) is 5.56 Å². The highest BCUT2D eigenvalue weighted by Crippen LogP contribution is 2.23. The molecule has 19 heavy (non-hydrogen) atoms. The first kappa shape index (κ1) is 16.2. The molecule has 0 amide bonds. The lowest BCUT2D eigenvalue weighted by Gasteiger charge is -2.20. The number of ether oxygens (including phenoxy) is 2. The number of nitrogens with two attached hydrogens (primary N) is 1. The summed E-state index contributed by atoms with van der Waals surface area (Å²) in [5, 5.41) is 0. The highest BCUT2D eigenvalue weighted by atomic mass is 16.5. The molecule has 0 radical (unpaired) electrons. The maximum atomic E-state index is 6.10. The molecule has 1 atom stereocenters. The first-order valence-corrected chi connectivity index (χ1v) is 6.96. The Morgan fingerprint density at radius 2 is 1.63 bits per heavy atom. The van der Waals surface area contributed by atoms with Gasteiger partial charge < -0.3 is 15.2 Å². The minimum absolute atomic E-state index is 0.0735. The van der Waals surface area contributed by atoms with Gasteiger partial charge >= 0.3 is 0 Å². The summed E-state index contributed by atoms with van der Waals surface area (Å²) in [4.78, 5) is 0. The van der Waals surface area contributed by atoms with Crippen LogP contribution in [0.2, 0.25) is 0 Å². The fourth-order valence-corrected chi connectivity index (χ4v) is 1.80. The zero-order chi connectivity index (χ0) is 14.3. The van der Waals surface area contributed by atoms with Crippen LogP contribution in [0.15, 0.2) is 24.3 Å². The van der Waals surface area contributed by atoms with E-state index in [-0.39, 0.29) is 11.5 Å². The van der Waals surface area contributed by atoms with Crippen molar-refractivity contribution in [2.45, 2.75) is 39.2 Å². The lowest BCUT2D eigenvalue weighted by Crippen LogP contribution is -2.19. The van der Waals surface area contributed by atoms with Crippen molar-refractivity contribution in [2.24, 2.45) is 5.73 Å². The first-order valence-electron chi connectivity index (χ1n) is 6.96. The van der Waals surface area contributed by atoms with Crippen LogP contribution in [-0.4, -0.2) is 26.4 Å². The van der Waals surface area contributed by atoms with Gasteiger partial charge in [-0.3, -0.25) is 0 Å². The second kappa shape index (κ2) is 7.63. The van der Waals surface area contributed by atoms with Gasteiger partial charge in [0.25, 0.3) is 0 Å². The van der Waals surface area contributed by atoms with Gasteiger partial charge in [-0.15, -0.1) is 0 Å². The van der Waals surface area contributed by atoms with Crippen molar-refractivity contribution in [1.82, 2.24) is 0 Å². The molecule has 0 bridgehead atoms. The van der Waals surface area contributed by atoms with Gasteiger partial charge in [0.2, 0.25) is 0 Å². The fraction of sp³-hybridized carbons (Fsp3) is 0.625. The van der Waals surface area contributed by atoms with E-state index in [1.54, 1.807) is 0 Å². The maximum Gasteiger partial charge on any atom is 0.0701 e. The second-order valence-electron chi connectivity index (χ2n) is 5.75. The summed E-state index contributed by atoms with van der Waals surface area (Å²) in [5.41, 5.74) is 8.72. The van der Waals surface area contributed by atoms with E-state index in [4.69, 9.17) is 15.2 Å². The van der Waals surface area contributed by atoms with Crippen molar-refractivity contribution in [3.05, 3.63) is 35.4 Å². The largest absolute Gasteiger partial charge is 0.379 e. The molecule has 3 nitrogen and oxygen atoms in total. The highest BCUT2D eigenvalue weighted by molar-refractivity contribution is 5.29. The van der Waals surface area contributed by atoms with Gasteiger partial charge in [0.15, 0.2) is 0 Å². The van der Waals surface area contributed by atoms with Gasteiger partial charge in [-0.1, -0.05) is 45.0 Å². The van der Waals surface area contributed by atoms with Gasteiger partial charge in [-0.25, -0.2) is 0 Å². The van der Waals surface area contributed by atoms with Crippen LogP contribution < -0.4 is 5.73 Å². The van der Waals surface area contributed by atoms with E-state index < -0.39 is 0 Å². The third-order valence-corrected chi connectivity index (χ3v) is 3.08. The normalized spacial score (nSPS) is 13.5. The van der Waals surface area contributed by atoms with E-state index in [2.05, 4.69) is 45.0 Å². The van der Waals surface area contributed by atoms with Crippen molar-refractivity contribution in [3.8, 4) is 0 Å². The van der Waals surface area contributed by atoms with Crippen molar-refractivity contribution in [2.75, 3.05) is 26.4 Å². The molecule has 1 unspecified atom stereocenters. The average Bonchev–Trinajstić information content (AvgIpc) is 2.37. The Kier molecular flexibility index (Phi) is 6.49. The van der Waals surface area contributed by atoms with Crippen molar-refractivity contribution in [1.29, 1.82) is 0 Å². The van der Waals surface area contributed by atoms with Crippen molar-refractivity contribution >= 4 is 0 Å². The minimum atomic E-state index is -0.0735. The summed E-state index contributed by atoms with van der Waals surface area (Å²) in [6.07, 6.45) is 0. The van der Waals surface area contributed by atoms with E-state index in [0.29, 0.717) is 19.8 Å². The predicted molar refractivity (Wildman–Crippen MR) is 79.4 cm³/mol. The molecule has 0 saturated carbocycles. The molecule has 1 aromatic rings. The smallest absolute Gasteiger partial charge is 0.0701 e. The predicted octanol–water partition coefficient (Wildman–Crippen LogP) is 3.04. The standard InChI is InChI=1S/C16H27NO2/c1-5-18-10-11-19-12-15(17)13-6-8-14(9-7-13)16(2,3)4/h6-9,15H,5,10-12,17H2,1-4H3. The Bertz CT molecular complexity index is 354. The van der Waals surface area contributed by atoms with Crippen molar-refractivity contribution < 1.29 is 9.47 Å². The Morgan fingerprint density at radius 1 is 1.05 bits per heavy atom. The average molecular weight is 265 g/mol. The molecule has 0 aliphatic carbocycles. The molecule has 3 heteroatoms. The summed E-state index contributed by atoms with van der Waals surface area (Å²) < 4.78 is 10.7. The van der Waals surface area contributed by atoms with Crippen LogP contribution in [0.4, 0.5) is 0 Å². The fourth-order valence-electron chi connectivity index (χ4n) is 1.80. The van der Waals surface area contributed by atoms with E-state index in [0.717, 1.165) is 12.2 Å². The number of rotatable bonds is 7. The molecular formula is C16H27NO2. The summed E-state index contributed by atoms with van der Waals surface area (Å²) in [5.74, 6) is 0. The summed E-state index contributed by atoms with van der Waals surface area (Å²) in [6, 6.07) is 8.41. The lowest BCUT2D eigenvalue weighted by atomic mass is 9.86. The van der Waals surface area contributed by atoms with Crippen LogP contribution in [0, 0.1) is 0 Å². The van der Waals surface area contributed by atoms with Crippen LogP contribution >= 0.6 is 0 Å². The Labute approximate surface area is 117 Å². The first-order chi connectivity index (χ1) is 8.95. The second-order valence-corrected chi connectivity index (χ2v) is 5.75. The van der Waals surface area contributed by atoms with E-state index in [1.807, 2.05) is 6.92 Å². The van der Waals surface area contributed by atoms with Gasteiger partial charge in [0.05, 0.1) is 25.9 Å². The van der Waals surface area contributed by atoms with E-state index in [9.17, 15) is 0 Å². The van der Waals surface area contributed by atoms with Crippen LogP contribution in [0.3, 0.4) is 0 Å². The Balaban J connectivity index is 2.42. The quantitative estimate of drug-likeness (QED) is 0.771. The maximum absolute atomic E-state index is 6.10. The summed E-state index contributed by atoms with van der Waals surface area (Å²) >= 11 is 0. The van der Waals surface area contributed by atoms with Gasteiger partial charge in [-0.2, -0.15) is 0 Å². The van der Waals surface area contributed by atoms with Gasteiger partial charge in [0, 0.05) is 6.61 Å². The Hall–Kier alpha value is -0.900. The SMILES string of the molecule is CCOCCOCC(N)c1ccc(C(C)(C)C)cc1. The van der Waals surface area contributed by atoms with Gasteiger partial charge in [0.1, 0.15) is 0 Å². The molecule has 0 aliphatic rings. The molecule has 0 aromatic heterocycles. The number of benzene rings is 1. The molecule has 1 aromatic carbocycles. The number of hydrogen-bond donors (Lipinski definition) is 1. The van der Waals surface area contributed by atoms with E-state index >= 15 is 0 Å².